The summed E-state index contributed by atoms with van der Waals surface area (Å²) < 4.78 is 5.48. The molecule has 4 unspecified atom stereocenters. The van der Waals surface area contributed by atoms with Crippen LogP contribution in [0.5, 0.6) is 0 Å². The van der Waals surface area contributed by atoms with E-state index in [0.29, 0.717) is 30.6 Å². The van der Waals surface area contributed by atoms with Gasteiger partial charge < -0.3 is 25.6 Å². The van der Waals surface area contributed by atoms with E-state index in [9.17, 15) is 19.2 Å². The summed E-state index contributed by atoms with van der Waals surface area (Å²) in [6.45, 7) is 10.0. The molecule has 2 heterocycles. The number of Topliss-reactive ketones (excluding diaryl/α,β-unsaturated/α-hetero) is 1. The average Bonchev–Trinajstić information content (AvgIpc) is 3.33. The first kappa shape index (κ1) is 26.7. The fourth-order valence-corrected chi connectivity index (χ4v) is 5.10. The van der Waals surface area contributed by atoms with E-state index < -0.39 is 23.6 Å². The number of nitrogens with zero attached hydrogens (tertiary/aromatic N) is 2. The molecule has 0 bridgehead atoms. The lowest BCUT2D eigenvalue weighted by atomic mass is 9.88. The topological polar surface area (TPSA) is 122 Å². The molecule has 0 spiro atoms. The third-order valence-corrected chi connectivity index (χ3v) is 6.72. The van der Waals surface area contributed by atoms with Gasteiger partial charge in [0.25, 0.3) is 11.8 Å². The summed E-state index contributed by atoms with van der Waals surface area (Å²) in [6, 6.07) is 4.62. The number of carbonyl (C=O) groups is 4. The monoisotopic (exact) mass is 486 g/mol. The Morgan fingerprint density at radius 3 is 2.29 bits per heavy atom. The maximum absolute atomic E-state index is 13.6. The third kappa shape index (κ3) is 5.66. The molecular weight excluding hydrogens is 448 g/mol. The number of nitrogens with one attached hydrogen (secondary N) is 1. The van der Waals surface area contributed by atoms with Crippen molar-refractivity contribution in [3.05, 3.63) is 29.8 Å². The fourth-order valence-electron chi connectivity index (χ4n) is 5.10. The van der Waals surface area contributed by atoms with Crippen molar-refractivity contribution in [2.45, 2.75) is 71.7 Å². The second-order valence-corrected chi connectivity index (χ2v) is 11.0. The summed E-state index contributed by atoms with van der Waals surface area (Å²) in [5.74, 6) is -0.920. The largest absolute Gasteiger partial charge is 0.399 e. The molecule has 2 aliphatic rings. The van der Waals surface area contributed by atoms with Crippen molar-refractivity contribution >= 4 is 29.2 Å². The molecule has 0 aliphatic carbocycles. The van der Waals surface area contributed by atoms with Crippen LogP contribution in [0.3, 0.4) is 0 Å². The van der Waals surface area contributed by atoms with Gasteiger partial charge in [0.1, 0.15) is 18.2 Å². The van der Waals surface area contributed by atoms with E-state index in [1.165, 1.54) is 7.11 Å². The highest BCUT2D eigenvalue weighted by Crippen LogP contribution is 2.33. The van der Waals surface area contributed by atoms with Crippen LogP contribution in [-0.4, -0.2) is 77.7 Å². The van der Waals surface area contributed by atoms with Gasteiger partial charge in [0, 0.05) is 24.9 Å². The van der Waals surface area contributed by atoms with Crippen LogP contribution in [0.4, 0.5) is 5.69 Å². The average molecular weight is 487 g/mol. The first-order chi connectivity index (χ1) is 16.3. The van der Waals surface area contributed by atoms with Gasteiger partial charge in [-0.25, -0.2) is 0 Å². The number of carbonyl (C=O) groups excluding carboxylic acids is 4. The molecule has 9 nitrogen and oxygen atoms in total. The van der Waals surface area contributed by atoms with E-state index >= 15 is 0 Å². The molecule has 2 fully saturated rings. The van der Waals surface area contributed by atoms with Crippen molar-refractivity contribution in [2.75, 3.05) is 25.9 Å². The minimum Gasteiger partial charge on any atom is -0.399 e. The molecular formula is C26H38N4O5. The standard InChI is InChI=1S/C26H38N4O5/c1-15(2)13-18(28-23(32)16-7-9-17(27)10-8-16)24(33)29-12-11-19-21(29)20(31)14-30(19)25(34)22(35-6)26(3,4)5/h7-10,15,18-19,21-22H,11-14,27H2,1-6H3,(H,28,32). The molecule has 3 N–H and O–H groups in total. The Balaban J connectivity index is 1.78. The van der Waals surface area contributed by atoms with Gasteiger partial charge in [-0.05, 0) is 48.4 Å². The molecule has 35 heavy (non-hydrogen) atoms. The van der Waals surface area contributed by atoms with Gasteiger partial charge in [-0.15, -0.1) is 0 Å². The number of benzene rings is 1. The van der Waals surface area contributed by atoms with Crippen LogP contribution in [0.1, 0.15) is 57.8 Å². The molecule has 3 amide bonds. The van der Waals surface area contributed by atoms with Crippen LogP contribution in [-0.2, 0) is 19.1 Å². The number of methoxy groups -OCH3 is 1. The van der Waals surface area contributed by atoms with Crippen LogP contribution in [0.15, 0.2) is 24.3 Å². The van der Waals surface area contributed by atoms with E-state index in [2.05, 4.69) is 5.32 Å². The zero-order chi connectivity index (χ0) is 26.1. The Labute approximate surface area is 207 Å². The van der Waals surface area contributed by atoms with Gasteiger partial charge in [-0.1, -0.05) is 34.6 Å². The number of anilines is 1. The summed E-state index contributed by atoms with van der Waals surface area (Å²) in [5, 5.41) is 2.85. The number of nitrogen functional groups attached to an aromatic ring is 1. The zero-order valence-corrected chi connectivity index (χ0v) is 21.5. The molecule has 1 aromatic rings. The van der Waals surface area contributed by atoms with Crippen molar-refractivity contribution in [3.8, 4) is 0 Å². The lowest BCUT2D eigenvalue weighted by molar-refractivity contribution is -0.150. The summed E-state index contributed by atoms with van der Waals surface area (Å²) in [4.78, 5) is 55.9. The first-order valence-electron chi connectivity index (χ1n) is 12.2. The van der Waals surface area contributed by atoms with Crippen LogP contribution in [0.25, 0.3) is 0 Å². The summed E-state index contributed by atoms with van der Waals surface area (Å²) >= 11 is 0. The molecule has 2 saturated heterocycles. The lowest BCUT2D eigenvalue weighted by Crippen LogP contribution is -2.53. The smallest absolute Gasteiger partial charge is 0.252 e. The number of nitrogens with two attached hydrogens (primary N) is 1. The van der Waals surface area contributed by atoms with E-state index in [4.69, 9.17) is 10.5 Å². The van der Waals surface area contributed by atoms with Gasteiger partial charge in [-0.3, -0.25) is 19.2 Å². The number of rotatable bonds is 7. The van der Waals surface area contributed by atoms with E-state index in [1.54, 1.807) is 34.1 Å². The lowest BCUT2D eigenvalue weighted by Gasteiger charge is -2.33. The van der Waals surface area contributed by atoms with Crippen LogP contribution in [0, 0.1) is 11.3 Å². The van der Waals surface area contributed by atoms with Crippen molar-refractivity contribution < 1.29 is 23.9 Å². The molecule has 3 rings (SSSR count). The van der Waals surface area contributed by atoms with Crippen LogP contribution < -0.4 is 11.1 Å². The number of amides is 3. The predicted molar refractivity (Wildman–Crippen MR) is 132 cm³/mol. The number of ketones is 1. The number of likely N-dealkylation sites (tertiary alicyclic amines) is 2. The maximum atomic E-state index is 13.6. The normalized spacial score (nSPS) is 21.7. The second kappa shape index (κ2) is 10.4. The number of hydrogen-bond acceptors (Lipinski definition) is 6. The summed E-state index contributed by atoms with van der Waals surface area (Å²) in [6.07, 6.45) is 0.251. The van der Waals surface area contributed by atoms with Gasteiger partial charge in [0.2, 0.25) is 5.91 Å². The summed E-state index contributed by atoms with van der Waals surface area (Å²) in [5.41, 5.74) is 6.22. The highest BCUT2D eigenvalue weighted by atomic mass is 16.5. The Kier molecular flexibility index (Phi) is 7.89. The van der Waals surface area contributed by atoms with Crippen molar-refractivity contribution in [3.63, 3.8) is 0 Å². The molecule has 192 valence electrons. The third-order valence-electron chi connectivity index (χ3n) is 6.72. The number of ether oxygens (including phenoxy) is 1. The molecule has 0 saturated carbocycles. The Morgan fingerprint density at radius 1 is 1.11 bits per heavy atom. The highest BCUT2D eigenvalue weighted by molar-refractivity contribution is 6.01. The van der Waals surface area contributed by atoms with Crippen LogP contribution >= 0.6 is 0 Å². The summed E-state index contributed by atoms with van der Waals surface area (Å²) in [7, 11) is 1.49. The van der Waals surface area contributed by atoms with Gasteiger partial charge >= 0.3 is 0 Å². The first-order valence-corrected chi connectivity index (χ1v) is 12.2. The minimum atomic E-state index is -0.780. The predicted octanol–water partition coefficient (Wildman–Crippen LogP) is 1.86. The number of fused-ring (bicyclic) bond motifs is 1. The molecule has 9 heteroatoms. The highest BCUT2D eigenvalue weighted by Gasteiger charge is 2.53. The zero-order valence-electron chi connectivity index (χ0n) is 21.5. The van der Waals surface area contributed by atoms with E-state index in [-0.39, 0.29) is 42.0 Å². The van der Waals surface area contributed by atoms with Gasteiger partial charge in [0.15, 0.2) is 5.78 Å². The minimum absolute atomic E-state index is 0.0411. The number of hydrogen-bond donors (Lipinski definition) is 2. The second-order valence-electron chi connectivity index (χ2n) is 11.0. The van der Waals surface area contributed by atoms with Crippen molar-refractivity contribution in [1.82, 2.24) is 15.1 Å². The Hall–Kier alpha value is -2.94. The SMILES string of the molecule is COC(C(=O)N1CC(=O)C2C1CCN2C(=O)C(CC(C)C)NC(=O)c1ccc(N)cc1)C(C)(C)C. The van der Waals surface area contributed by atoms with Gasteiger partial charge in [0.05, 0.1) is 12.6 Å². The van der Waals surface area contributed by atoms with E-state index in [1.807, 2.05) is 34.6 Å². The molecule has 0 radical (unpaired) electrons. The Morgan fingerprint density at radius 2 is 1.74 bits per heavy atom. The quantitative estimate of drug-likeness (QED) is 0.567. The van der Waals surface area contributed by atoms with Crippen molar-refractivity contribution in [1.29, 1.82) is 0 Å². The molecule has 2 aliphatic heterocycles. The van der Waals surface area contributed by atoms with Crippen LogP contribution in [0.2, 0.25) is 0 Å². The van der Waals surface area contributed by atoms with Crippen molar-refractivity contribution in [2.24, 2.45) is 11.3 Å². The Bertz CT molecular complexity index is 969. The fraction of sp³-hybridized carbons (Fsp3) is 0.615. The molecule has 1 aromatic carbocycles. The van der Waals surface area contributed by atoms with Gasteiger partial charge in [-0.2, -0.15) is 0 Å². The van der Waals surface area contributed by atoms with E-state index in [0.717, 1.165) is 0 Å². The molecule has 0 aromatic heterocycles. The maximum Gasteiger partial charge on any atom is 0.252 e. The molecule has 4 atom stereocenters.